The highest BCUT2D eigenvalue weighted by Gasteiger charge is 2.27. The van der Waals surface area contributed by atoms with E-state index in [1.165, 1.54) is 57.8 Å². The number of hydrogen-bond donors (Lipinski definition) is 2. The molecule has 0 aromatic heterocycles. The van der Waals surface area contributed by atoms with Crippen LogP contribution in [-0.2, 0) is 22.0 Å². The average molecular weight is 446 g/mol. The first-order valence-electron chi connectivity index (χ1n) is 13.0. The summed E-state index contributed by atoms with van der Waals surface area (Å²) in [5.74, 6) is 0.0388. The lowest BCUT2D eigenvalue weighted by atomic mass is 9.77. The van der Waals surface area contributed by atoms with E-state index in [9.17, 15) is 9.90 Å². The summed E-state index contributed by atoms with van der Waals surface area (Å²) in [4.78, 5) is 12.2. The summed E-state index contributed by atoms with van der Waals surface area (Å²) in [6, 6.07) is 4.16. The molecule has 1 unspecified atom stereocenters. The first-order chi connectivity index (χ1) is 14.9. The molecule has 0 radical (unpaired) electrons. The highest BCUT2D eigenvalue weighted by atomic mass is 16.3. The van der Waals surface area contributed by atoms with Crippen LogP contribution in [0.5, 0.6) is 5.75 Å². The second kappa shape index (κ2) is 13.3. The Hall–Kier alpha value is -1.51. The van der Waals surface area contributed by atoms with Gasteiger partial charge in [0.15, 0.2) is 0 Å². The molecular weight excluding hydrogens is 394 g/mol. The van der Waals surface area contributed by atoms with Gasteiger partial charge < -0.3 is 10.8 Å². The molecule has 3 heteroatoms. The number of benzene rings is 1. The first kappa shape index (κ1) is 28.5. The van der Waals surface area contributed by atoms with E-state index in [1.807, 2.05) is 0 Å². The largest absolute Gasteiger partial charge is 0.507 e. The maximum atomic E-state index is 12.2. The highest BCUT2D eigenvalue weighted by molar-refractivity contribution is 5.77. The van der Waals surface area contributed by atoms with Gasteiger partial charge >= 0.3 is 0 Å². The van der Waals surface area contributed by atoms with Gasteiger partial charge in [-0.25, -0.2) is 0 Å². The van der Waals surface area contributed by atoms with Crippen LogP contribution in [0.15, 0.2) is 12.1 Å². The van der Waals surface area contributed by atoms with E-state index < -0.39 is 0 Å². The van der Waals surface area contributed by atoms with Gasteiger partial charge in [-0.15, -0.1) is 0 Å². The topological polar surface area (TPSA) is 63.3 Å². The minimum atomic E-state index is -0.205. The van der Waals surface area contributed by atoms with E-state index in [0.29, 0.717) is 12.2 Å². The SMILES string of the molecule is CCCCCCCCCCCCC(Cc1cc(C(C)(C)C)c(O)c(C(C)(C)C)c1)C(N)=O. The fraction of sp³-hybridized carbons (Fsp3) is 0.759. The van der Waals surface area contributed by atoms with E-state index in [2.05, 4.69) is 60.6 Å². The zero-order valence-corrected chi connectivity index (χ0v) is 22.2. The van der Waals surface area contributed by atoms with Crippen molar-refractivity contribution >= 4 is 5.91 Å². The molecule has 1 rings (SSSR count). The third-order valence-electron chi connectivity index (χ3n) is 6.58. The van der Waals surface area contributed by atoms with E-state index >= 15 is 0 Å². The van der Waals surface area contributed by atoms with Crippen molar-refractivity contribution in [1.29, 1.82) is 0 Å². The number of aromatic hydroxyl groups is 1. The molecule has 3 N–H and O–H groups in total. The van der Waals surface area contributed by atoms with Crippen molar-refractivity contribution in [2.24, 2.45) is 11.7 Å². The van der Waals surface area contributed by atoms with Crippen LogP contribution in [0.2, 0.25) is 0 Å². The predicted molar refractivity (Wildman–Crippen MR) is 138 cm³/mol. The van der Waals surface area contributed by atoms with Crippen molar-refractivity contribution in [2.75, 3.05) is 0 Å². The summed E-state index contributed by atoms with van der Waals surface area (Å²) in [5, 5.41) is 10.9. The van der Waals surface area contributed by atoms with Gasteiger partial charge in [-0.3, -0.25) is 4.79 Å². The molecule has 184 valence electrons. The third-order valence-corrected chi connectivity index (χ3v) is 6.58. The fourth-order valence-electron chi connectivity index (χ4n) is 4.46. The molecular formula is C29H51NO2. The fourth-order valence-corrected chi connectivity index (χ4v) is 4.46. The Labute approximate surface area is 198 Å². The summed E-state index contributed by atoms with van der Waals surface area (Å²) >= 11 is 0. The molecule has 1 atom stereocenters. The Bertz CT molecular complexity index is 659. The van der Waals surface area contributed by atoms with Crippen LogP contribution in [0.4, 0.5) is 0 Å². The first-order valence-corrected chi connectivity index (χ1v) is 13.0. The molecule has 1 aromatic carbocycles. The second-order valence-corrected chi connectivity index (χ2v) is 11.8. The Kier molecular flexibility index (Phi) is 11.8. The summed E-state index contributed by atoms with van der Waals surface area (Å²) in [6.07, 6.45) is 14.4. The number of primary amides is 1. The Morgan fingerprint density at radius 1 is 0.812 bits per heavy atom. The number of carbonyl (C=O) groups is 1. The van der Waals surface area contributed by atoms with Crippen molar-refractivity contribution in [3.63, 3.8) is 0 Å². The minimum absolute atomic E-state index is 0.144. The number of rotatable bonds is 14. The molecule has 0 spiro atoms. The lowest BCUT2D eigenvalue weighted by Crippen LogP contribution is -2.26. The van der Waals surface area contributed by atoms with Crippen LogP contribution in [0, 0.1) is 5.92 Å². The van der Waals surface area contributed by atoms with E-state index in [1.54, 1.807) is 0 Å². The molecule has 1 aromatic rings. The number of amides is 1. The number of carbonyl (C=O) groups excluding carboxylic acids is 1. The lowest BCUT2D eigenvalue weighted by molar-refractivity contribution is -0.122. The lowest BCUT2D eigenvalue weighted by Gasteiger charge is -2.28. The molecule has 0 saturated carbocycles. The smallest absolute Gasteiger partial charge is 0.220 e. The van der Waals surface area contributed by atoms with Crippen LogP contribution < -0.4 is 5.73 Å². The molecule has 0 fully saturated rings. The van der Waals surface area contributed by atoms with Crippen LogP contribution in [-0.4, -0.2) is 11.0 Å². The van der Waals surface area contributed by atoms with E-state index in [4.69, 9.17) is 5.73 Å². The van der Waals surface area contributed by atoms with Gasteiger partial charge in [0.05, 0.1) is 0 Å². The summed E-state index contributed by atoms with van der Waals surface area (Å²) < 4.78 is 0. The van der Waals surface area contributed by atoms with Gasteiger partial charge in [-0.05, 0) is 40.4 Å². The molecule has 1 amide bonds. The van der Waals surface area contributed by atoms with Crippen molar-refractivity contribution in [3.05, 3.63) is 28.8 Å². The van der Waals surface area contributed by atoms with Crippen LogP contribution >= 0.6 is 0 Å². The third kappa shape index (κ3) is 9.96. The monoisotopic (exact) mass is 445 g/mol. The van der Waals surface area contributed by atoms with E-state index in [0.717, 1.165) is 29.5 Å². The maximum absolute atomic E-state index is 12.2. The molecule has 0 bridgehead atoms. The molecule has 0 aliphatic carbocycles. The van der Waals surface area contributed by atoms with Crippen molar-refractivity contribution < 1.29 is 9.90 Å². The summed E-state index contributed by atoms with van der Waals surface area (Å²) in [6.45, 7) is 15.0. The van der Waals surface area contributed by atoms with Gasteiger partial charge in [0.2, 0.25) is 5.91 Å². The van der Waals surface area contributed by atoms with Crippen molar-refractivity contribution in [1.82, 2.24) is 0 Å². The second-order valence-electron chi connectivity index (χ2n) is 11.8. The van der Waals surface area contributed by atoms with Crippen LogP contribution in [0.3, 0.4) is 0 Å². The quantitative estimate of drug-likeness (QED) is 0.285. The van der Waals surface area contributed by atoms with Gasteiger partial charge in [-0.2, -0.15) is 0 Å². The van der Waals surface area contributed by atoms with Crippen molar-refractivity contribution in [2.45, 2.75) is 136 Å². The van der Waals surface area contributed by atoms with Crippen LogP contribution in [0.1, 0.15) is 136 Å². The zero-order valence-electron chi connectivity index (χ0n) is 22.2. The number of nitrogens with two attached hydrogens (primary N) is 1. The Morgan fingerprint density at radius 3 is 1.59 bits per heavy atom. The molecule has 0 aliphatic rings. The van der Waals surface area contributed by atoms with Gasteiger partial charge in [0.25, 0.3) is 0 Å². The number of hydrogen-bond acceptors (Lipinski definition) is 2. The van der Waals surface area contributed by atoms with Gasteiger partial charge in [0, 0.05) is 5.92 Å². The Morgan fingerprint density at radius 2 is 1.22 bits per heavy atom. The molecule has 32 heavy (non-hydrogen) atoms. The Balaban J connectivity index is 2.69. The van der Waals surface area contributed by atoms with E-state index in [-0.39, 0.29) is 22.7 Å². The number of unbranched alkanes of at least 4 members (excludes halogenated alkanes) is 9. The van der Waals surface area contributed by atoms with Crippen molar-refractivity contribution in [3.8, 4) is 5.75 Å². The normalized spacial score (nSPS) is 13.3. The molecule has 0 aliphatic heterocycles. The highest BCUT2D eigenvalue weighted by Crippen LogP contribution is 2.40. The average Bonchev–Trinajstić information content (AvgIpc) is 2.67. The molecule has 3 nitrogen and oxygen atoms in total. The predicted octanol–water partition coefficient (Wildman–Crippen LogP) is 7.94. The number of phenolic OH excluding ortho intramolecular Hbond substituents is 1. The van der Waals surface area contributed by atoms with Gasteiger partial charge in [-0.1, -0.05) is 125 Å². The molecule has 0 heterocycles. The summed E-state index contributed by atoms with van der Waals surface area (Å²) in [5.41, 5.74) is 8.46. The molecule has 0 saturated heterocycles. The number of phenols is 1. The maximum Gasteiger partial charge on any atom is 0.220 e. The zero-order chi connectivity index (χ0) is 24.4. The summed E-state index contributed by atoms with van der Waals surface area (Å²) in [7, 11) is 0. The standard InChI is InChI=1S/C29H51NO2/c1-8-9-10-11-12-13-14-15-16-17-18-23(27(30)32)19-22-20-24(28(2,3)4)26(31)25(21-22)29(5,6)7/h20-21,23,31H,8-19H2,1-7H3,(H2,30,32). The van der Waals surface area contributed by atoms with Crippen LogP contribution in [0.25, 0.3) is 0 Å². The van der Waals surface area contributed by atoms with Gasteiger partial charge in [0.1, 0.15) is 5.75 Å². The minimum Gasteiger partial charge on any atom is -0.507 e.